The first-order chi connectivity index (χ1) is 9.41. The highest BCUT2D eigenvalue weighted by molar-refractivity contribution is 5.73. The summed E-state index contributed by atoms with van der Waals surface area (Å²) in [4.78, 5) is 4.16. The zero-order valence-electron chi connectivity index (χ0n) is 10.2. The summed E-state index contributed by atoms with van der Waals surface area (Å²) in [6.07, 6.45) is -4.74. The Labute approximate surface area is 110 Å². The van der Waals surface area contributed by atoms with Gasteiger partial charge in [-0.3, -0.25) is 0 Å². The number of fused-ring (bicyclic) bond motifs is 1. The second-order valence-electron chi connectivity index (χ2n) is 4.25. The van der Waals surface area contributed by atoms with E-state index in [1.165, 1.54) is 0 Å². The molecule has 0 aliphatic heterocycles. The lowest BCUT2D eigenvalue weighted by Gasteiger charge is -1.96. The summed E-state index contributed by atoms with van der Waals surface area (Å²) < 4.78 is 46.9. The van der Waals surface area contributed by atoms with E-state index in [1.54, 1.807) is 6.07 Å². The molecule has 0 aliphatic carbocycles. The second kappa shape index (κ2) is 4.32. The summed E-state index contributed by atoms with van der Waals surface area (Å²) in [6, 6.07) is 5.42. The molecule has 0 spiro atoms. The first kappa shape index (κ1) is 12.6. The Morgan fingerprint density at radius 1 is 1.10 bits per heavy atom. The third-order valence-corrected chi connectivity index (χ3v) is 2.60. The maximum atomic E-state index is 12.3. The van der Waals surface area contributed by atoms with Crippen molar-refractivity contribution in [3.8, 4) is 0 Å². The number of halogens is 3. The minimum atomic E-state index is -4.65. The van der Waals surface area contributed by atoms with Crippen molar-refractivity contribution in [2.75, 3.05) is 0 Å². The van der Waals surface area contributed by atoms with E-state index < -0.39 is 12.1 Å². The Kier molecular flexibility index (Phi) is 2.73. The van der Waals surface area contributed by atoms with Gasteiger partial charge in [-0.1, -0.05) is 6.07 Å². The lowest BCUT2D eigenvalue weighted by atomic mass is 10.2. The summed E-state index contributed by atoms with van der Waals surface area (Å²) in [5, 5.41) is 6.27. The molecule has 0 amide bonds. The molecule has 2 aromatic heterocycles. The highest BCUT2D eigenvalue weighted by atomic mass is 19.4. The van der Waals surface area contributed by atoms with E-state index in [0.717, 1.165) is 5.56 Å². The van der Waals surface area contributed by atoms with Gasteiger partial charge in [-0.25, -0.2) is 4.98 Å². The lowest BCUT2D eigenvalue weighted by molar-refractivity contribution is -0.157. The van der Waals surface area contributed by atoms with Crippen LogP contribution in [0, 0.1) is 6.92 Å². The minimum Gasteiger partial charge on any atom is -0.440 e. The first-order valence-corrected chi connectivity index (χ1v) is 5.67. The molecule has 2 heterocycles. The van der Waals surface area contributed by atoms with Gasteiger partial charge in [-0.05, 0) is 24.6 Å². The third kappa shape index (κ3) is 2.36. The van der Waals surface area contributed by atoms with Gasteiger partial charge in [0.05, 0.1) is 0 Å². The lowest BCUT2D eigenvalue weighted by Crippen LogP contribution is -2.04. The molecule has 1 aromatic carbocycles. The topological polar surface area (TPSA) is 65.0 Å². The molecule has 0 saturated carbocycles. The largest absolute Gasteiger partial charge is 0.470 e. The van der Waals surface area contributed by atoms with E-state index in [0.29, 0.717) is 11.1 Å². The monoisotopic (exact) mass is 283 g/mol. The van der Waals surface area contributed by atoms with E-state index in [9.17, 15) is 13.2 Å². The molecular weight excluding hydrogens is 275 g/mol. The van der Waals surface area contributed by atoms with Gasteiger partial charge in [0.25, 0.3) is 0 Å². The van der Waals surface area contributed by atoms with E-state index in [-0.39, 0.29) is 18.2 Å². The average Bonchev–Trinajstić information content (AvgIpc) is 2.94. The van der Waals surface area contributed by atoms with Crippen LogP contribution in [0.1, 0.15) is 23.2 Å². The van der Waals surface area contributed by atoms with Gasteiger partial charge < -0.3 is 8.83 Å². The fourth-order valence-corrected chi connectivity index (χ4v) is 1.73. The van der Waals surface area contributed by atoms with Crippen molar-refractivity contribution in [1.82, 2.24) is 15.2 Å². The van der Waals surface area contributed by atoms with Gasteiger partial charge in [0.2, 0.25) is 11.8 Å². The molecule has 0 radical (unpaired) electrons. The SMILES string of the molecule is Cc1ccc2oc(Cc3nnc(C(F)(F)F)o3)nc2c1. The van der Waals surface area contributed by atoms with Gasteiger partial charge in [0, 0.05) is 0 Å². The molecular formula is C12H8F3N3O2. The number of oxazole rings is 1. The van der Waals surface area contributed by atoms with E-state index in [1.807, 2.05) is 19.1 Å². The molecule has 8 heteroatoms. The maximum Gasteiger partial charge on any atom is 0.470 e. The van der Waals surface area contributed by atoms with Crippen LogP contribution in [-0.2, 0) is 12.6 Å². The van der Waals surface area contributed by atoms with Crippen LogP contribution < -0.4 is 0 Å². The van der Waals surface area contributed by atoms with Gasteiger partial charge >= 0.3 is 12.1 Å². The van der Waals surface area contributed by atoms with Gasteiger partial charge in [-0.2, -0.15) is 13.2 Å². The van der Waals surface area contributed by atoms with Crippen LogP contribution in [0.5, 0.6) is 0 Å². The third-order valence-electron chi connectivity index (χ3n) is 2.60. The molecule has 0 fully saturated rings. The normalized spacial score (nSPS) is 12.2. The summed E-state index contributed by atoms with van der Waals surface area (Å²) in [5.41, 5.74) is 2.20. The Bertz CT molecular complexity index is 761. The average molecular weight is 283 g/mol. The van der Waals surface area contributed by atoms with Crippen LogP contribution in [0.3, 0.4) is 0 Å². The van der Waals surface area contributed by atoms with E-state index in [4.69, 9.17) is 4.42 Å². The van der Waals surface area contributed by atoms with E-state index >= 15 is 0 Å². The molecule has 0 saturated heterocycles. The summed E-state index contributed by atoms with van der Waals surface area (Å²) in [5.74, 6) is -1.34. The molecule has 5 nitrogen and oxygen atoms in total. The Hall–Kier alpha value is -2.38. The second-order valence-corrected chi connectivity index (χ2v) is 4.25. The molecule has 0 bridgehead atoms. The number of alkyl halides is 3. The zero-order chi connectivity index (χ0) is 14.3. The number of aryl methyl sites for hydroxylation is 1. The number of hydrogen-bond donors (Lipinski definition) is 0. The molecule has 0 aliphatic rings. The Balaban J connectivity index is 1.87. The fourth-order valence-electron chi connectivity index (χ4n) is 1.73. The van der Waals surface area contributed by atoms with Crippen molar-refractivity contribution in [1.29, 1.82) is 0 Å². The maximum absolute atomic E-state index is 12.3. The van der Waals surface area contributed by atoms with Crippen LogP contribution in [0.2, 0.25) is 0 Å². The van der Waals surface area contributed by atoms with Crippen LogP contribution in [0.4, 0.5) is 13.2 Å². The smallest absolute Gasteiger partial charge is 0.440 e. The van der Waals surface area contributed by atoms with Gasteiger partial charge in [0.1, 0.15) is 11.9 Å². The number of hydrogen-bond acceptors (Lipinski definition) is 5. The van der Waals surface area contributed by atoms with Crippen molar-refractivity contribution in [2.24, 2.45) is 0 Å². The highest BCUT2D eigenvalue weighted by Crippen LogP contribution is 2.28. The van der Waals surface area contributed by atoms with Crippen LogP contribution in [-0.4, -0.2) is 15.2 Å². The van der Waals surface area contributed by atoms with Crippen LogP contribution >= 0.6 is 0 Å². The van der Waals surface area contributed by atoms with Crippen LogP contribution in [0.15, 0.2) is 27.0 Å². The van der Waals surface area contributed by atoms with Crippen molar-refractivity contribution in [2.45, 2.75) is 19.5 Å². The summed E-state index contributed by atoms with van der Waals surface area (Å²) in [7, 11) is 0. The van der Waals surface area contributed by atoms with Crippen molar-refractivity contribution >= 4 is 11.1 Å². The quantitative estimate of drug-likeness (QED) is 0.723. The van der Waals surface area contributed by atoms with Crippen molar-refractivity contribution in [3.63, 3.8) is 0 Å². The molecule has 104 valence electrons. The summed E-state index contributed by atoms with van der Waals surface area (Å²) >= 11 is 0. The molecule has 20 heavy (non-hydrogen) atoms. The number of benzene rings is 1. The molecule has 0 unspecified atom stereocenters. The Morgan fingerprint density at radius 2 is 1.90 bits per heavy atom. The van der Waals surface area contributed by atoms with Crippen molar-refractivity contribution < 1.29 is 22.0 Å². The standard InChI is InChI=1S/C12H8F3N3O2/c1-6-2-3-8-7(4-6)16-9(19-8)5-10-17-18-11(20-10)12(13,14)15/h2-4H,5H2,1H3. The van der Waals surface area contributed by atoms with Gasteiger partial charge in [0.15, 0.2) is 5.58 Å². The molecule has 0 atom stereocenters. The molecule has 3 aromatic rings. The zero-order valence-corrected chi connectivity index (χ0v) is 10.2. The molecule has 3 rings (SSSR count). The number of nitrogens with zero attached hydrogens (tertiary/aromatic N) is 3. The summed E-state index contributed by atoms with van der Waals surface area (Å²) in [6.45, 7) is 1.90. The van der Waals surface area contributed by atoms with Gasteiger partial charge in [-0.15, -0.1) is 10.2 Å². The van der Waals surface area contributed by atoms with Crippen molar-refractivity contribution in [3.05, 3.63) is 41.4 Å². The van der Waals surface area contributed by atoms with Crippen LogP contribution in [0.25, 0.3) is 11.1 Å². The van der Waals surface area contributed by atoms with E-state index in [2.05, 4.69) is 19.6 Å². The number of rotatable bonds is 2. The first-order valence-electron chi connectivity index (χ1n) is 5.67. The fraction of sp³-hybridized carbons (Fsp3) is 0.250. The predicted octanol–water partition coefficient (Wildman–Crippen LogP) is 3.13. The predicted molar refractivity (Wildman–Crippen MR) is 60.9 cm³/mol. The Morgan fingerprint density at radius 3 is 2.60 bits per heavy atom. The molecule has 0 N–H and O–H groups in total. The minimum absolute atomic E-state index is 0.0865. The number of aromatic nitrogens is 3. The highest BCUT2D eigenvalue weighted by Gasteiger charge is 2.38.